The Balaban J connectivity index is 3.05. The van der Waals surface area contributed by atoms with E-state index in [0.717, 1.165) is 5.39 Å². The number of nitrogens with zero attached hydrogens (tertiary/aromatic N) is 1. The Morgan fingerprint density at radius 2 is 2.00 bits per heavy atom. The van der Waals surface area contributed by atoms with Crippen molar-refractivity contribution in [1.82, 2.24) is 4.57 Å². The molecule has 1 aromatic carbocycles. The van der Waals surface area contributed by atoms with Crippen LogP contribution < -0.4 is 5.56 Å². The van der Waals surface area contributed by atoms with Crippen LogP contribution in [0.2, 0.25) is 0 Å². The second kappa shape index (κ2) is 2.69. The largest absolute Gasteiger partial charge is 0.309 e. The number of aromatic nitrogens is 1. The van der Waals surface area contributed by atoms with E-state index in [-0.39, 0.29) is 11.4 Å². The molecule has 0 aliphatic heterocycles. The third kappa shape index (κ3) is 1.13. The molecule has 0 atom stereocenters. The maximum absolute atomic E-state index is 13.3. The minimum absolute atomic E-state index is 0.197. The summed E-state index contributed by atoms with van der Waals surface area (Å²) in [6.45, 7) is 0. The lowest BCUT2D eigenvalue weighted by atomic mass is 10.2. The van der Waals surface area contributed by atoms with Gasteiger partial charge < -0.3 is 4.57 Å². The highest BCUT2D eigenvalue weighted by atomic mass is 19.1. The lowest BCUT2D eigenvalue weighted by molar-refractivity contribution is 0.629. The maximum atomic E-state index is 13.3. The SMILES string of the molecule is Cn1c(=O)ccc2cccc(F)c21. The number of rotatable bonds is 0. The van der Waals surface area contributed by atoms with Crippen molar-refractivity contribution in [3.63, 3.8) is 0 Å². The third-order valence-electron chi connectivity index (χ3n) is 2.09. The molecule has 0 aliphatic carbocycles. The Morgan fingerprint density at radius 1 is 1.23 bits per heavy atom. The summed E-state index contributed by atoms with van der Waals surface area (Å²) < 4.78 is 14.6. The Hall–Kier alpha value is -1.64. The average Bonchev–Trinajstić information content (AvgIpc) is 2.12. The molecule has 13 heavy (non-hydrogen) atoms. The van der Waals surface area contributed by atoms with Crippen LogP contribution in [0.4, 0.5) is 4.39 Å². The summed E-state index contributed by atoms with van der Waals surface area (Å²) in [7, 11) is 1.56. The van der Waals surface area contributed by atoms with Crippen LogP contribution in [0.3, 0.4) is 0 Å². The first-order chi connectivity index (χ1) is 6.20. The summed E-state index contributed by atoms with van der Waals surface area (Å²) in [4.78, 5) is 11.2. The van der Waals surface area contributed by atoms with Gasteiger partial charge in [-0.15, -0.1) is 0 Å². The molecule has 0 unspecified atom stereocenters. The first-order valence-electron chi connectivity index (χ1n) is 3.94. The van der Waals surface area contributed by atoms with Crippen LogP contribution in [-0.4, -0.2) is 4.57 Å². The van der Waals surface area contributed by atoms with Crippen molar-refractivity contribution in [3.8, 4) is 0 Å². The molecule has 0 saturated carbocycles. The van der Waals surface area contributed by atoms with Crippen molar-refractivity contribution in [2.75, 3.05) is 0 Å². The van der Waals surface area contributed by atoms with Crippen LogP contribution in [-0.2, 0) is 7.05 Å². The number of aryl methyl sites for hydroxylation is 1. The molecule has 2 aromatic rings. The standard InChI is InChI=1S/C10H8FNO/c1-12-9(13)6-5-7-3-2-4-8(11)10(7)12/h2-6H,1H3. The van der Waals surface area contributed by atoms with E-state index in [1.165, 1.54) is 16.7 Å². The van der Waals surface area contributed by atoms with Crippen molar-refractivity contribution >= 4 is 10.9 Å². The van der Waals surface area contributed by atoms with Gasteiger partial charge in [0.05, 0.1) is 5.52 Å². The Morgan fingerprint density at radius 3 is 2.77 bits per heavy atom. The van der Waals surface area contributed by atoms with Gasteiger partial charge in [0.2, 0.25) is 0 Å². The lowest BCUT2D eigenvalue weighted by Crippen LogP contribution is -2.15. The highest BCUT2D eigenvalue weighted by Gasteiger charge is 2.03. The van der Waals surface area contributed by atoms with Gasteiger partial charge in [0, 0.05) is 18.5 Å². The molecular formula is C10H8FNO. The van der Waals surface area contributed by atoms with Gasteiger partial charge in [0.15, 0.2) is 0 Å². The number of hydrogen-bond donors (Lipinski definition) is 0. The van der Waals surface area contributed by atoms with Crippen molar-refractivity contribution in [2.24, 2.45) is 7.05 Å². The van der Waals surface area contributed by atoms with Gasteiger partial charge in [-0.1, -0.05) is 12.1 Å². The van der Waals surface area contributed by atoms with E-state index in [4.69, 9.17) is 0 Å². The number of benzene rings is 1. The van der Waals surface area contributed by atoms with E-state index in [1.807, 2.05) is 0 Å². The zero-order valence-corrected chi connectivity index (χ0v) is 7.12. The second-order valence-corrected chi connectivity index (χ2v) is 2.91. The summed E-state index contributed by atoms with van der Waals surface area (Å²) >= 11 is 0. The van der Waals surface area contributed by atoms with E-state index in [1.54, 1.807) is 25.2 Å². The van der Waals surface area contributed by atoms with Crippen LogP contribution in [0, 0.1) is 5.82 Å². The molecule has 0 N–H and O–H groups in total. The van der Waals surface area contributed by atoms with Gasteiger partial charge in [-0.05, 0) is 12.1 Å². The van der Waals surface area contributed by atoms with E-state index < -0.39 is 0 Å². The van der Waals surface area contributed by atoms with Crippen LogP contribution in [0.25, 0.3) is 10.9 Å². The summed E-state index contributed by atoms with van der Waals surface area (Å²) in [6.07, 6.45) is 0. The summed E-state index contributed by atoms with van der Waals surface area (Å²) in [5.41, 5.74) is 0.160. The molecule has 66 valence electrons. The van der Waals surface area contributed by atoms with Gasteiger partial charge in [0.25, 0.3) is 5.56 Å². The summed E-state index contributed by atoms with van der Waals surface area (Å²) in [5.74, 6) is -0.363. The van der Waals surface area contributed by atoms with E-state index in [0.29, 0.717) is 5.52 Å². The highest BCUT2D eigenvalue weighted by molar-refractivity contribution is 5.79. The molecule has 3 heteroatoms. The van der Waals surface area contributed by atoms with Gasteiger partial charge in [-0.2, -0.15) is 0 Å². The van der Waals surface area contributed by atoms with Gasteiger partial charge >= 0.3 is 0 Å². The average molecular weight is 177 g/mol. The fraction of sp³-hybridized carbons (Fsp3) is 0.100. The second-order valence-electron chi connectivity index (χ2n) is 2.91. The fourth-order valence-corrected chi connectivity index (χ4v) is 1.40. The normalized spacial score (nSPS) is 10.6. The number of para-hydroxylation sites is 1. The first-order valence-corrected chi connectivity index (χ1v) is 3.94. The van der Waals surface area contributed by atoms with Crippen LogP contribution >= 0.6 is 0 Å². The van der Waals surface area contributed by atoms with Crippen LogP contribution in [0.1, 0.15) is 0 Å². The first kappa shape index (κ1) is 7.98. The van der Waals surface area contributed by atoms with Gasteiger partial charge in [0.1, 0.15) is 5.82 Å². The Labute approximate surface area is 74.2 Å². The molecular weight excluding hydrogens is 169 g/mol. The third-order valence-corrected chi connectivity index (χ3v) is 2.09. The molecule has 2 rings (SSSR count). The molecule has 0 saturated heterocycles. The summed E-state index contributed by atoms with van der Waals surface area (Å²) in [5, 5.41) is 0.738. The molecule has 0 aliphatic rings. The minimum Gasteiger partial charge on any atom is -0.309 e. The van der Waals surface area contributed by atoms with Crippen LogP contribution in [0.15, 0.2) is 35.1 Å². The Kier molecular flexibility index (Phi) is 1.65. The highest BCUT2D eigenvalue weighted by Crippen LogP contribution is 2.14. The lowest BCUT2D eigenvalue weighted by Gasteiger charge is -2.03. The molecule has 2 nitrogen and oxygen atoms in total. The molecule has 0 bridgehead atoms. The maximum Gasteiger partial charge on any atom is 0.250 e. The van der Waals surface area contributed by atoms with Crippen molar-refractivity contribution in [1.29, 1.82) is 0 Å². The van der Waals surface area contributed by atoms with Gasteiger partial charge in [-0.25, -0.2) is 4.39 Å². The number of fused-ring (bicyclic) bond motifs is 1. The molecule has 1 heterocycles. The topological polar surface area (TPSA) is 22.0 Å². The molecule has 1 aromatic heterocycles. The van der Waals surface area contributed by atoms with Crippen molar-refractivity contribution in [3.05, 3.63) is 46.5 Å². The monoisotopic (exact) mass is 177 g/mol. The molecule has 0 amide bonds. The summed E-state index contributed by atoms with van der Waals surface area (Å²) in [6, 6.07) is 7.81. The van der Waals surface area contributed by atoms with Crippen molar-refractivity contribution in [2.45, 2.75) is 0 Å². The number of hydrogen-bond acceptors (Lipinski definition) is 1. The molecule has 0 spiro atoms. The predicted octanol–water partition coefficient (Wildman–Crippen LogP) is 1.68. The zero-order chi connectivity index (χ0) is 9.42. The Bertz CT molecular complexity index is 516. The van der Waals surface area contributed by atoms with E-state index in [2.05, 4.69) is 0 Å². The predicted molar refractivity (Wildman–Crippen MR) is 49.1 cm³/mol. The quantitative estimate of drug-likeness (QED) is 0.600. The minimum atomic E-state index is -0.363. The smallest absolute Gasteiger partial charge is 0.250 e. The fourth-order valence-electron chi connectivity index (χ4n) is 1.40. The van der Waals surface area contributed by atoms with E-state index in [9.17, 15) is 9.18 Å². The molecule has 0 fully saturated rings. The number of halogens is 1. The van der Waals surface area contributed by atoms with Crippen molar-refractivity contribution < 1.29 is 4.39 Å². The molecule has 0 radical (unpaired) electrons. The number of pyridine rings is 1. The van der Waals surface area contributed by atoms with E-state index >= 15 is 0 Å². The van der Waals surface area contributed by atoms with Gasteiger partial charge in [-0.3, -0.25) is 4.79 Å². The zero-order valence-electron chi connectivity index (χ0n) is 7.12. The van der Waals surface area contributed by atoms with Crippen LogP contribution in [0.5, 0.6) is 0 Å².